The molecule has 0 radical (unpaired) electrons. The van der Waals surface area contributed by atoms with Gasteiger partial charge in [-0.25, -0.2) is 0 Å². The maximum Gasteiger partial charge on any atom is 0.0944 e. The first-order valence-corrected chi connectivity index (χ1v) is 6.48. The molecule has 16 heavy (non-hydrogen) atoms. The topological polar surface area (TPSA) is 58.9 Å². The molecule has 0 heterocycles. The van der Waals surface area contributed by atoms with Crippen LogP contribution in [0.3, 0.4) is 0 Å². The minimum Gasteiger partial charge on any atom is -0.394 e. The van der Waals surface area contributed by atoms with Gasteiger partial charge in [0.2, 0.25) is 0 Å². The lowest BCUT2D eigenvalue weighted by Gasteiger charge is -2.19. The first-order chi connectivity index (χ1) is 7.67. The monoisotopic (exact) mass is 294 g/mol. The molecule has 3 atom stereocenters. The lowest BCUT2D eigenvalue weighted by Crippen LogP contribution is -2.31. The molecule has 7 heteroatoms. The number of aliphatic hydroxyl groups excluding tert-OH is 2. The van der Waals surface area contributed by atoms with Gasteiger partial charge in [-0.15, -0.1) is 34.8 Å². The number of aliphatic hydroxyl groups is 2. The Bertz CT molecular complexity index is 158. The van der Waals surface area contributed by atoms with E-state index in [2.05, 4.69) is 0 Å². The Kier molecular flexibility index (Phi) is 11.3. The van der Waals surface area contributed by atoms with Gasteiger partial charge in [0.1, 0.15) is 0 Å². The van der Waals surface area contributed by atoms with E-state index in [1.54, 1.807) is 0 Å². The summed E-state index contributed by atoms with van der Waals surface area (Å²) in [7, 11) is 0. The van der Waals surface area contributed by atoms with Crippen LogP contribution in [-0.2, 0) is 9.47 Å². The SMILES string of the molecule is OCC(CCl)OCC(CCl)OCC(O)CCl. The van der Waals surface area contributed by atoms with Gasteiger partial charge in [-0.3, -0.25) is 0 Å². The number of ether oxygens (including phenoxy) is 2. The fraction of sp³-hybridized carbons (Fsp3) is 1.00. The summed E-state index contributed by atoms with van der Waals surface area (Å²) in [6.45, 7) is 0.175. The van der Waals surface area contributed by atoms with E-state index in [9.17, 15) is 5.11 Å². The third-order valence-electron chi connectivity index (χ3n) is 1.77. The van der Waals surface area contributed by atoms with E-state index in [4.69, 9.17) is 49.4 Å². The van der Waals surface area contributed by atoms with Crippen molar-refractivity contribution in [2.45, 2.75) is 18.3 Å². The van der Waals surface area contributed by atoms with Crippen molar-refractivity contribution in [3.8, 4) is 0 Å². The van der Waals surface area contributed by atoms with Gasteiger partial charge in [-0.2, -0.15) is 0 Å². The Morgan fingerprint density at radius 3 is 1.88 bits per heavy atom. The van der Waals surface area contributed by atoms with Crippen LogP contribution in [0.1, 0.15) is 0 Å². The van der Waals surface area contributed by atoms with Gasteiger partial charge >= 0.3 is 0 Å². The molecule has 98 valence electrons. The van der Waals surface area contributed by atoms with Crippen molar-refractivity contribution in [3.05, 3.63) is 0 Å². The van der Waals surface area contributed by atoms with Crippen LogP contribution in [0, 0.1) is 0 Å². The van der Waals surface area contributed by atoms with Crippen LogP contribution < -0.4 is 0 Å². The molecular weight excluding hydrogens is 278 g/mol. The predicted molar refractivity (Wildman–Crippen MR) is 64.7 cm³/mol. The molecule has 0 spiro atoms. The number of halogens is 3. The molecule has 0 aromatic heterocycles. The molecule has 0 aromatic carbocycles. The standard InChI is InChI=1S/C9H17Cl3O4/c10-1-7(14)5-15-9(3-12)6-16-8(2-11)4-13/h7-9,13-14H,1-6H2. The maximum absolute atomic E-state index is 9.17. The average Bonchev–Trinajstić information content (AvgIpc) is 2.33. The summed E-state index contributed by atoms with van der Waals surface area (Å²) in [4.78, 5) is 0. The zero-order chi connectivity index (χ0) is 12.4. The highest BCUT2D eigenvalue weighted by Crippen LogP contribution is 2.03. The fourth-order valence-electron chi connectivity index (χ4n) is 0.818. The van der Waals surface area contributed by atoms with Gasteiger partial charge < -0.3 is 19.7 Å². The van der Waals surface area contributed by atoms with Crippen molar-refractivity contribution >= 4 is 34.8 Å². The van der Waals surface area contributed by atoms with Crippen molar-refractivity contribution in [1.82, 2.24) is 0 Å². The van der Waals surface area contributed by atoms with Crippen LogP contribution in [0.5, 0.6) is 0 Å². The Morgan fingerprint density at radius 2 is 1.44 bits per heavy atom. The van der Waals surface area contributed by atoms with Gasteiger partial charge in [0.05, 0.1) is 55.8 Å². The van der Waals surface area contributed by atoms with E-state index in [1.165, 1.54) is 0 Å². The second-order valence-electron chi connectivity index (χ2n) is 3.21. The second kappa shape index (κ2) is 10.8. The smallest absolute Gasteiger partial charge is 0.0944 e. The lowest BCUT2D eigenvalue weighted by molar-refractivity contribution is -0.0594. The molecule has 0 bridgehead atoms. The Morgan fingerprint density at radius 1 is 0.875 bits per heavy atom. The largest absolute Gasteiger partial charge is 0.394 e. The number of hydrogen-bond acceptors (Lipinski definition) is 4. The molecule has 3 unspecified atom stereocenters. The van der Waals surface area contributed by atoms with Crippen LogP contribution in [-0.4, -0.2) is 66.0 Å². The number of alkyl halides is 3. The summed E-state index contributed by atoms with van der Waals surface area (Å²) in [5.74, 6) is 0.544. The van der Waals surface area contributed by atoms with Gasteiger partial charge in [-0.1, -0.05) is 0 Å². The first-order valence-electron chi connectivity index (χ1n) is 4.87. The highest BCUT2D eigenvalue weighted by Gasteiger charge is 2.14. The van der Waals surface area contributed by atoms with Crippen molar-refractivity contribution in [3.63, 3.8) is 0 Å². The Hall–Kier alpha value is 0.710. The molecule has 0 saturated carbocycles. The van der Waals surface area contributed by atoms with E-state index >= 15 is 0 Å². The Balaban J connectivity index is 3.73. The van der Waals surface area contributed by atoms with Gasteiger partial charge in [0, 0.05) is 0 Å². The average molecular weight is 296 g/mol. The summed E-state index contributed by atoms with van der Waals surface area (Å²) in [6.07, 6.45) is -1.49. The quantitative estimate of drug-likeness (QED) is 0.586. The van der Waals surface area contributed by atoms with E-state index < -0.39 is 12.2 Å². The number of rotatable bonds is 10. The van der Waals surface area contributed by atoms with Crippen molar-refractivity contribution in [1.29, 1.82) is 0 Å². The third kappa shape index (κ3) is 7.90. The molecule has 0 aliphatic carbocycles. The van der Waals surface area contributed by atoms with Crippen LogP contribution >= 0.6 is 34.8 Å². The molecule has 0 aliphatic rings. The fourth-order valence-corrected chi connectivity index (χ4v) is 1.27. The summed E-state index contributed by atoms with van der Waals surface area (Å²) in [6, 6.07) is 0. The zero-order valence-electron chi connectivity index (χ0n) is 8.82. The van der Waals surface area contributed by atoms with E-state index in [0.29, 0.717) is 0 Å². The van der Waals surface area contributed by atoms with E-state index in [-0.39, 0.29) is 43.6 Å². The van der Waals surface area contributed by atoms with Gasteiger partial charge in [0.15, 0.2) is 0 Å². The molecule has 0 amide bonds. The van der Waals surface area contributed by atoms with Crippen LogP contribution in [0.15, 0.2) is 0 Å². The normalized spacial score (nSPS) is 17.1. The summed E-state index contributed by atoms with van der Waals surface area (Å²) >= 11 is 16.6. The molecule has 0 aliphatic heterocycles. The molecule has 4 nitrogen and oxygen atoms in total. The van der Waals surface area contributed by atoms with Crippen LogP contribution in [0.4, 0.5) is 0 Å². The highest BCUT2D eigenvalue weighted by molar-refractivity contribution is 6.18. The van der Waals surface area contributed by atoms with Crippen LogP contribution in [0.2, 0.25) is 0 Å². The number of hydrogen-bond donors (Lipinski definition) is 2. The first kappa shape index (κ1) is 16.7. The van der Waals surface area contributed by atoms with Gasteiger partial charge in [-0.05, 0) is 0 Å². The van der Waals surface area contributed by atoms with Crippen molar-refractivity contribution < 1.29 is 19.7 Å². The van der Waals surface area contributed by atoms with Crippen molar-refractivity contribution in [2.24, 2.45) is 0 Å². The lowest BCUT2D eigenvalue weighted by atomic mass is 10.4. The molecule has 0 rings (SSSR count). The minimum atomic E-state index is -0.714. The van der Waals surface area contributed by atoms with E-state index in [0.717, 1.165) is 0 Å². The molecule has 2 N–H and O–H groups in total. The summed E-state index contributed by atoms with van der Waals surface area (Å²) < 4.78 is 10.5. The summed E-state index contributed by atoms with van der Waals surface area (Å²) in [5.41, 5.74) is 0. The second-order valence-corrected chi connectivity index (χ2v) is 4.14. The minimum absolute atomic E-state index is 0.106. The Labute approximate surface area is 110 Å². The zero-order valence-corrected chi connectivity index (χ0v) is 11.1. The predicted octanol–water partition coefficient (Wildman–Crippen LogP) is 0.826. The maximum atomic E-state index is 9.17. The highest BCUT2D eigenvalue weighted by atomic mass is 35.5. The molecule has 0 fully saturated rings. The molecule has 0 aromatic rings. The molecule has 0 saturated heterocycles. The van der Waals surface area contributed by atoms with Crippen LogP contribution in [0.25, 0.3) is 0 Å². The summed E-state index contributed by atoms with van der Waals surface area (Å²) in [5, 5.41) is 18.0. The van der Waals surface area contributed by atoms with Crippen molar-refractivity contribution in [2.75, 3.05) is 37.5 Å². The third-order valence-corrected chi connectivity index (χ3v) is 2.81. The van der Waals surface area contributed by atoms with Gasteiger partial charge in [0.25, 0.3) is 0 Å². The molecular formula is C9H17Cl3O4. The van der Waals surface area contributed by atoms with E-state index in [1.807, 2.05) is 0 Å².